The van der Waals surface area contributed by atoms with Crippen molar-refractivity contribution in [1.29, 1.82) is 0 Å². The molecule has 1 fully saturated rings. The van der Waals surface area contributed by atoms with E-state index >= 15 is 0 Å². The van der Waals surface area contributed by atoms with Gasteiger partial charge in [0.15, 0.2) is 16.2 Å². The number of aliphatic hydroxyl groups excluding tert-OH is 1. The first-order valence-corrected chi connectivity index (χ1v) is 16.9. The maximum atomic E-state index is 13.4. The highest BCUT2D eigenvalue weighted by molar-refractivity contribution is 8.01. The molecule has 0 bridgehead atoms. The van der Waals surface area contributed by atoms with Gasteiger partial charge in [0.25, 0.3) is 11.8 Å². The summed E-state index contributed by atoms with van der Waals surface area (Å²) in [5.74, 6) is -2.79. The first kappa shape index (κ1) is 40.4. The summed E-state index contributed by atoms with van der Waals surface area (Å²) in [4.78, 5) is 69.7. The van der Waals surface area contributed by atoms with Crippen molar-refractivity contribution in [2.45, 2.75) is 67.3 Å². The number of β-lactam (4-membered cyclic amide) rings is 1. The molecule has 6 N–H and O–H groups in total. The number of unbranched alkanes of at least 4 members (excludes halogenated alkanes) is 1. The Balaban J connectivity index is 0.00000384. The third-order valence-corrected chi connectivity index (χ3v) is 10.2. The molecular weight excluding hydrogens is 715 g/mol. The first-order valence-electron chi connectivity index (χ1n) is 14.0. The van der Waals surface area contributed by atoms with E-state index in [1.807, 2.05) is 0 Å². The molecule has 3 unspecified atom stereocenters. The lowest BCUT2D eigenvalue weighted by Crippen LogP contribution is -2.71. The maximum Gasteiger partial charge on any atom is 0.358 e. The Labute approximate surface area is 296 Å². The summed E-state index contributed by atoms with van der Waals surface area (Å²) < 4.78 is 14.9. The summed E-state index contributed by atoms with van der Waals surface area (Å²) >= 11 is 3.84. The van der Waals surface area contributed by atoms with Crippen LogP contribution in [0.3, 0.4) is 0 Å². The van der Waals surface area contributed by atoms with Crippen LogP contribution in [-0.2, 0) is 28.7 Å². The number of carbonyl (C=O) groups is 5. The van der Waals surface area contributed by atoms with Gasteiger partial charge in [-0.3, -0.25) is 24.1 Å². The fraction of sp³-hybridized carbons (Fsp3) is 0.464. The van der Waals surface area contributed by atoms with Crippen LogP contribution in [-0.4, -0.2) is 90.7 Å². The molecule has 1 saturated heterocycles. The fourth-order valence-electron chi connectivity index (χ4n) is 4.80. The van der Waals surface area contributed by atoms with Crippen molar-refractivity contribution in [3.8, 4) is 0 Å². The number of ether oxygens (including phenoxy) is 2. The van der Waals surface area contributed by atoms with E-state index in [2.05, 4.69) is 14.7 Å². The standard InChI is InChI=1S/C28H34N6O8S3.2ClH/c1-14(35)41-15(2)42-27(40)21-16(12-44-28-31-13-32-45-28)11-43-26-20(25(39)34(21)26)33-24(38)23(37)18-8-4-3-7-17(18)22(36)19(30)9-5-6-10-29;;/h3-4,7-8,13,15,19-20,23,26,37H,5-6,9-12,29-30H2,1-2H3,(H,33,38);2*1H/t15?,19-,20?,23?,26-;;/m0../s1. The second kappa shape index (κ2) is 18.7. The van der Waals surface area contributed by atoms with Crippen LogP contribution in [0.2, 0.25) is 0 Å². The number of amides is 2. The predicted molar refractivity (Wildman–Crippen MR) is 181 cm³/mol. The summed E-state index contributed by atoms with van der Waals surface area (Å²) in [5.41, 5.74) is 12.4. The summed E-state index contributed by atoms with van der Waals surface area (Å²) in [6.07, 6.45) is 0.213. The van der Waals surface area contributed by atoms with Crippen LogP contribution in [0.1, 0.15) is 55.1 Å². The van der Waals surface area contributed by atoms with Gasteiger partial charge in [-0.2, -0.15) is 4.37 Å². The zero-order valence-electron chi connectivity index (χ0n) is 25.4. The van der Waals surface area contributed by atoms with Gasteiger partial charge >= 0.3 is 11.9 Å². The Morgan fingerprint density at radius 3 is 2.57 bits per heavy atom. The van der Waals surface area contributed by atoms with Gasteiger partial charge in [0.1, 0.15) is 23.4 Å². The van der Waals surface area contributed by atoms with E-state index in [9.17, 15) is 29.1 Å². The topological polar surface area (TPSA) is 217 Å². The minimum absolute atomic E-state index is 0. The highest BCUT2D eigenvalue weighted by Gasteiger charge is 2.55. The maximum absolute atomic E-state index is 13.4. The zero-order chi connectivity index (χ0) is 32.7. The van der Waals surface area contributed by atoms with E-state index in [0.29, 0.717) is 47.2 Å². The molecule has 47 heavy (non-hydrogen) atoms. The second-order valence-electron chi connectivity index (χ2n) is 10.2. The van der Waals surface area contributed by atoms with E-state index in [1.165, 1.54) is 72.3 Å². The SMILES string of the molecule is CC(=O)OC(C)OC(=O)C1=C(CSc2ncns2)CS[C@H]2C(NC(=O)C(O)c3ccccc3C(=O)[C@@H](N)CCCCN)C(=O)N12.Cl.Cl. The predicted octanol–water partition coefficient (Wildman–Crippen LogP) is 1.95. The molecule has 1 aromatic carbocycles. The Bertz CT molecular complexity index is 1470. The van der Waals surface area contributed by atoms with Gasteiger partial charge in [-0.25, -0.2) is 9.78 Å². The first-order chi connectivity index (χ1) is 21.5. The monoisotopic (exact) mass is 750 g/mol. The number of hydrogen-bond acceptors (Lipinski definition) is 15. The van der Waals surface area contributed by atoms with Gasteiger partial charge in [0.2, 0.25) is 6.29 Å². The van der Waals surface area contributed by atoms with E-state index in [1.54, 1.807) is 12.1 Å². The van der Waals surface area contributed by atoms with Crippen LogP contribution in [0, 0.1) is 0 Å². The Kier molecular flexibility index (Phi) is 16.1. The third kappa shape index (κ3) is 9.88. The number of nitrogens with two attached hydrogens (primary N) is 2. The summed E-state index contributed by atoms with van der Waals surface area (Å²) in [5, 5.41) is 12.9. The Morgan fingerprint density at radius 1 is 1.19 bits per heavy atom. The Morgan fingerprint density at radius 2 is 1.91 bits per heavy atom. The lowest BCUT2D eigenvalue weighted by Gasteiger charge is -2.50. The lowest BCUT2D eigenvalue weighted by atomic mass is 9.93. The molecule has 0 spiro atoms. The number of ketones is 1. The number of thioether (sulfide) groups is 2. The van der Waals surface area contributed by atoms with Crippen LogP contribution in [0.15, 0.2) is 46.2 Å². The third-order valence-electron chi connectivity index (χ3n) is 6.93. The van der Waals surface area contributed by atoms with Gasteiger partial charge in [-0.05, 0) is 36.5 Å². The molecule has 258 valence electrons. The van der Waals surface area contributed by atoms with Crippen molar-refractivity contribution in [3.63, 3.8) is 0 Å². The van der Waals surface area contributed by atoms with Crippen LogP contribution < -0.4 is 16.8 Å². The number of aromatic nitrogens is 2. The number of aliphatic hydroxyl groups is 1. The fourth-order valence-corrected chi connectivity index (χ4v) is 7.72. The minimum Gasteiger partial charge on any atom is -0.426 e. The van der Waals surface area contributed by atoms with Crippen molar-refractivity contribution in [1.82, 2.24) is 19.6 Å². The summed E-state index contributed by atoms with van der Waals surface area (Å²) in [6.45, 7) is 3.03. The average Bonchev–Trinajstić information content (AvgIpc) is 3.54. The molecule has 0 aliphatic carbocycles. The van der Waals surface area contributed by atoms with Crippen LogP contribution in [0.25, 0.3) is 0 Å². The van der Waals surface area contributed by atoms with Gasteiger partial charge < -0.3 is 31.4 Å². The number of halogens is 2. The van der Waals surface area contributed by atoms with Gasteiger partial charge in [0, 0.05) is 36.5 Å². The molecule has 1 aromatic heterocycles. The lowest BCUT2D eigenvalue weighted by molar-refractivity contribution is -0.182. The summed E-state index contributed by atoms with van der Waals surface area (Å²) in [7, 11) is 0. The van der Waals surface area contributed by atoms with E-state index < -0.39 is 59.4 Å². The second-order valence-corrected chi connectivity index (χ2v) is 13.3. The number of nitrogens with one attached hydrogen (secondary N) is 1. The minimum atomic E-state index is -1.76. The van der Waals surface area contributed by atoms with Crippen molar-refractivity contribution >= 4 is 89.4 Å². The highest BCUT2D eigenvalue weighted by Crippen LogP contribution is 2.42. The highest BCUT2D eigenvalue weighted by atomic mass is 35.5. The quantitative estimate of drug-likeness (QED) is 0.0511. The van der Waals surface area contributed by atoms with Crippen LogP contribution in [0.5, 0.6) is 0 Å². The molecule has 14 nitrogen and oxygen atoms in total. The smallest absolute Gasteiger partial charge is 0.358 e. The molecule has 0 radical (unpaired) electrons. The van der Waals surface area contributed by atoms with E-state index in [-0.39, 0.29) is 41.6 Å². The number of esters is 2. The van der Waals surface area contributed by atoms with Gasteiger partial charge in [0.05, 0.1) is 6.04 Å². The molecule has 19 heteroatoms. The number of nitrogens with zero attached hydrogens (tertiary/aromatic N) is 3. The number of hydrogen-bond donors (Lipinski definition) is 4. The molecule has 3 heterocycles. The van der Waals surface area contributed by atoms with Crippen molar-refractivity contribution < 1.29 is 38.6 Å². The van der Waals surface area contributed by atoms with Crippen molar-refractivity contribution in [2.75, 3.05) is 18.1 Å². The number of fused-ring (bicyclic) bond motifs is 1. The van der Waals surface area contributed by atoms with E-state index in [0.717, 1.165) is 0 Å². The zero-order valence-corrected chi connectivity index (χ0v) is 29.4. The number of Topliss-reactive ketones (excluding diaryl/α,β-unsaturated/α-hetero) is 1. The Hall–Kier alpha value is -2.77. The number of benzene rings is 1. The largest absolute Gasteiger partial charge is 0.426 e. The molecule has 5 atom stereocenters. The molecule has 2 aromatic rings. The van der Waals surface area contributed by atoms with Crippen LogP contribution >= 0.6 is 59.9 Å². The molecule has 2 aliphatic heterocycles. The van der Waals surface area contributed by atoms with Gasteiger partial charge in [-0.1, -0.05) is 42.4 Å². The van der Waals surface area contributed by atoms with Gasteiger partial charge in [-0.15, -0.1) is 36.6 Å². The molecule has 2 aliphatic rings. The van der Waals surface area contributed by atoms with E-state index in [4.69, 9.17) is 20.9 Å². The molecule has 0 saturated carbocycles. The summed E-state index contributed by atoms with van der Waals surface area (Å²) in [6, 6.07) is 4.24. The normalized spacial score (nSPS) is 18.7. The molecule has 2 amide bonds. The van der Waals surface area contributed by atoms with Crippen LogP contribution in [0.4, 0.5) is 0 Å². The molecule has 4 rings (SSSR count). The average molecular weight is 752 g/mol. The molecular formula is C28H36Cl2N6O8S3. The van der Waals surface area contributed by atoms with Crippen molar-refractivity contribution in [2.24, 2.45) is 11.5 Å². The van der Waals surface area contributed by atoms with Crippen molar-refractivity contribution in [3.05, 3.63) is 53.0 Å². The number of rotatable bonds is 15. The number of carbonyl (C=O) groups excluding carboxylic acids is 5.